The molecule has 4 nitrogen and oxygen atoms in total. The van der Waals surface area contributed by atoms with Crippen LogP contribution in [-0.4, -0.2) is 0 Å². The average molecular weight is 941 g/mol. The van der Waals surface area contributed by atoms with Crippen LogP contribution >= 0.6 is 0 Å². The Labute approximate surface area is 424 Å². The van der Waals surface area contributed by atoms with Crippen molar-refractivity contribution < 1.29 is 8.83 Å². The predicted molar refractivity (Wildman–Crippen MR) is 309 cm³/mol. The zero-order chi connectivity index (χ0) is 48.9. The van der Waals surface area contributed by atoms with Crippen LogP contribution in [0.25, 0.3) is 92.9 Å². The Hall–Kier alpha value is -8.86. The van der Waals surface area contributed by atoms with Gasteiger partial charge in [0.15, 0.2) is 11.2 Å². The fourth-order valence-electron chi connectivity index (χ4n) is 11.9. The summed E-state index contributed by atoms with van der Waals surface area (Å²) < 4.78 is 14.6. The molecule has 0 radical (unpaired) electrons. The van der Waals surface area contributed by atoms with Gasteiger partial charge in [-0.25, -0.2) is 0 Å². The van der Waals surface area contributed by atoms with Gasteiger partial charge < -0.3 is 18.6 Å². The van der Waals surface area contributed by atoms with Gasteiger partial charge in [-0.2, -0.15) is 0 Å². The molecule has 13 aromatic rings. The fourth-order valence-corrected chi connectivity index (χ4v) is 11.9. The molecular weight excluding hydrogens is 889 g/mol. The lowest BCUT2D eigenvalue weighted by Gasteiger charge is -2.32. The van der Waals surface area contributed by atoms with Crippen molar-refractivity contribution in [1.82, 2.24) is 0 Å². The fraction of sp³-hybridized carbons (Fsp3) is 0.101. The highest BCUT2D eigenvalue weighted by Gasteiger charge is 2.29. The third kappa shape index (κ3) is 6.74. The highest BCUT2D eigenvalue weighted by Crippen LogP contribution is 2.53. The lowest BCUT2D eigenvalue weighted by molar-refractivity contribution is 0.667. The van der Waals surface area contributed by atoms with E-state index in [1.54, 1.807) is 0 Å². The zero-order valence-electron chi connectivity index (χ0n) is 41.4. The number of fused-ring (bicyclic) bond motifs is 6. The molecule has 0 unspecified atom stereocenters. The van der Waals surface area contributed by atoms with Crippen LogP contribution in [-0.2, 0) is 0 Å². The number of hydrogen-bond donors (Lipinski definition) is 0. The number of para-hydroxylation sites is 6. The smallest absolute Gasteiger partial charge is 0.159 e. The van der Waals surface area contributed by atoms with Crippen molar-refractivity contribution in [2.75, 3.05) is 9.80 Å². The van der Waals surface area contributed by atoms with E-state index in [9.17, 15) is 0 Å². The third-order valence-corrected chi connectivity index (χ3v) is 15.5. The Morgan fingerprint density at radius 2 is 0.904 bits per heavy atom. The molecule has 0 saturated heterocycles. The molecule has 0 fully saturated rings. The summed E-state index contributed by atoms with van der Waals surface area (Å²) >= 11 is 0. The lowest BCUT2D eigenvalue weighted by Crippen LogP contribution is -2.15. The van der Waals surface area contributed by atoms with E-state index in [1.807, 2.05) is 0 Å². The highest BCUT2D eigenvalue weighted by molar-refractivity contribution is 6.30. The van der Waals surface area contributed by atoms with Crippen molar-refractivity contribution in [2.24, 2.45) is 0 Å². The molecule has 1 aliphatic carbocycles. The Kier molecular flexibility index (Phi) is 9.94. The number of hydrogen-bond acceptors (Lipinski definition) is 4. The van der Waals surface area contributed by atoms with Gasteiger partial charge in [-0.3, -0.25) is 0 Å². The summed E-state index contributed by atoms with van der Waals surface area (Å²) in [6.07, 6.45) is 6.68. The van der Waals surface area contributed by atoms with E-state index in [2.05, 4.69) is 250 Å². The van der Waals surface area contributed by atoms with Crippen LogP contribution in [0.2, 0.25) is 0 Å². The van der Waals surface area contributed by atoms with Gasteiger partial charge in [-0.1, -0.05) is 189 Å². The van der Waals surface area contributed by atoms with Gasteiger partial charge in [0.25, 0.3) is 0 Å². The molecule has 0 bridgehead atoms. The van der Waals surface area contributed by atoms with Gasteiger partial charge in [-0.05, 0) is 113 Å². The van der Waals surface area contributed by atoms with E-state index >= 15 is 0 Å². The van der Waals surface area contributed by atoms with Crippen molar-refractivity contribution in [3.8, 4) is 11.1 Å². The second-order valence-electron chi connectivity index (χ2n) is 20.2. The molecule has 0 amide bonds. The molecule has 350 valence electrons. The number of nitrogens with zero attached hydrogens (tertiary/aromatic N) is 2. The normalized spacial score (nSPS) is 13.1. The van der Waals surface area contributed by atoms with Crippen molar-refractivity contribution in [1.29, 1.82) is 0 Å². The molecule has 14 rings (SSSR count). The van der Waals surface area contributed by atoms with Crippen molar-refractivity contribution in [3.63, 3.8) is 0 Å². The number of rotatable bonds is 9. The average Bonchev–Trinajstić information content (AvgIpc) is 4.02. The van der Waals surface area contributed by atoms with E-state index in [-0.39, 0.29) is 0 Å². The number of allylic oxidation sites excluding steroid dienone is 4. The van der Waals surface area contributed by atoms with Crippen LogP contribution in [0.4, 0.5) is 34.1 Å². The van der Waals surface area contributed by atoms with E-state index in [0.717, 1.165) is 113 Å². The standard InChI is InChI=1S/C69H52N2O2/c1-42(2)47-39-45-35-37-58-62(70(48-21-7-5-8-22-48)60-33-17-31-56-54-29-15-27-52(66(54)72-68(56)60)50-25-13-11-19-43(50)3)41-63(59-38-36-46(40-47)64(45)65(58)59)71(49-23-9-6-10-24-49)61-34-18-32-57-55-30-16-28-53(67(55)73-69(57)61)51-26-14-12-20-44(51)4/h5-11,13-19,21-42H,12,20H2,1-4H3. The van der Waals surface area contributed by atoms with Crippen molar-refractivity contribution in [2.45, 2.75) is 46.5 Å². The van der Waals surface area contributed by atoms with Gasteiger partial charge in [0, 0.05) is 60.2 Å². The van der Waals surface area contributed by atoms with E-state index in [4.69, 9.17) is 8.83 Å². The summed E-state index contributed by atoms with van der Waals surface area (Å²) in [6.45, 7) is 9.00. The second kappa shape index (κ2) is 16.9. The van der Waals surface area contributed by atoms with Crippen LogP contribution in [0.5, 0.6) is 0 Å². The molecule has 1 aliphatic rings. The van der Waals surface area contributed by atoms with Crippen molar-refractivity contribution in [3.05, 3.63) is 235 Å². The van der Waals surface area contributed by atoms with Gasteiger partial charge in [0.1, 0.15) is 11.2 Å². The van der Waals surface area contributed by atoms with Crippen LogP contribution in [0.1, 0.15) is 56.2 Å². The number of anilines is 6. The van der Waals surface area contributed by atoms with Crippen LogP contribution in [0, 0.1) is 6.92 Å². The monoisotopic (exact) mass is 940 g/mol. The maximum absolute atomic E-state index is 7.31. The van der Waals surface area contributed by atoms with Gasteiger partial charge in [0.05, 0.1) is 22.7 Å². The number of furan rings is 2. The molecule has 73 heavy (non-hydrogen) atoms. The topological polar surface area (TPSA) is 32.8 Å². The maximum Gasteiger partial charge on any atom is 0.159 e. The second-order valence-corrected chi connectivity index (χ2v) is 20.2. The predicted octanol–water partition coefficient (Wildman–Crippen LogP) is 20.5. The van der Waals surface area contributed by atoms with Crippen LogP contribution < -0.4 is 9.80 Å². The Morgan fingerprint density at radius 3 is 1.45 bits per heavy atom. The molecule has 2 aromatic heterocycles. The van der Waals surface area contributed by atoms with Gasteiger partial charge in [-0.15, -0.1) is 0 Å². The number of aryl methyl sites for hydroxylation is 1. The molecule has 0 saturated carbocycles. The highest BCUT2D eigenvalue weighted by atomic mass is 16.3. The first kappa shape index (κ1) is 43.0. The summed E-state index contributed by atoms with van der Waals surface area (Å²) in [4.78, 5) is 4.86. The Morgan fingerprint density at radius 1 is 0.411 bits per heavy atom. The summed E-state index contributed by atoms with van der Waals surface area (Å²) in [6, 6.07) is 73.1. The van der Waals surface area contributed by atoms with E-state index in [0.29, 0.717) is 5.92 Å². The van der Waals surface area contributed by atoms with Crippen molar-refractivity contribution >= 4 is 116 Å². The minimum atomic E-state index is 0.380. The van der Waals surface area contributed by atoms with Gasteiger partial charge >= 0.3 is 0 Å². The molecule has 2 heterocycles. The summed E-state index contributed by atoms with van der Waals surface area (Å²) in [5.41, 5.74) is 18.1. The SMILES string of the molecule is CC1=C(c2cccc3c2oc2c(N(c4ccccc4)c4cc(N(c5ccccc5)c5cccc6c5oc5c(-c7ccccc7C)cccc56)c5ccc6cc(C(C)C)cc7ccc4c5c76)cccc23)C=CCC1. The van der Waals surface area contributed by atoms with E-state index in [1.165, 1.54) is 49.4 Å². The van der Waals surface area contributed by atoms with Gasteiger partial charge in [0.2, 0.25) is 0 Å². The first-order chi connectivity index (χ1) is 35.9. The lowest BCUT2D eigenvalue weighted by atomic mass is 9.88. The minimum absolute atomic E-state index is 0.380. The van der Waals surface area contributed by atoms with Crippen LogP contribution in [0.15, 0.2) is 227 Å². The quantitative estimate of drug-likeness (QED) is 0.135. The molecule has 11 aromatic carbocycles. The van der Waals surface area contributed by atoms with Crippen LogP contribution in [0.3, 0.4) is 0 Å². The largest absolute Gasteiger partial charge is 0.453 e. The number of benzene rings is 11. The summed E-state index contributed by atoms with van der Waals surface area (Å²) in [5.74, 6) is 0.380. The first-order valence-corrected chi connectivity index (χ1v) is 25.7. The Bertz CT molecular complexity index is 4360. The first-order valence-electron chi connectivity index (χ1n) is 25.7. The molecule has 0 N–H and O–H groups in total. The third-order valence-electron chi connectivity index (χ3n) is 15.5. The summed E-state index contributed by atoms with van der Waals surface area (Å²) in [7, 11) is 0. The minimum Gasteiger partial charge on any atom is -0.453 e. The molecule has 4 heteroatoms. The molecular formula is C69H52N2O2. The molecule has 0 spiro atoms. The molecule has 0 aliphatic heterocycles. The van der Waals surface area contributed by atoms with E-state index < -0.39 is 0 Å². The Balaban J connectivity index is 1.10. The summed E-state index contributed by atoms with van der Waals surface area (Å²) in [5, 5.41) is 11.6. The maximum atomic E-state index is 7.31. The zero-order valence-corrected chi connectivity index (χ0v) is 41.4. The molecule has 0 atom stereocenters.